The maximum atomic E-state index is 8.94. The highest BCUT2D eigenvalue weighted by Gasteiger charge is 2.22. The quantitative estimate of drug-likeness (QED) is 0.777. The van der Waals surface area contributed by atoms with Crippen molar-refractivity contribution < 1.29 is 14.6 Å². The zero-order valence-corrected chi connectivity index (χ0v) is 15.6. The summed E-state index contributed by atoms with van der Waals surface area (Å²) < 4.78 is 11.9. The van der Waals surface area contributed by atoms with E-state index in [-0.39, 0.29) is 12.7 Å². The molecule has 2 aromatic rings. The summed E-state index contributed by atoms with van der Waals surface area (Å²) in [6.45, 7) is 5.25. The summed E-state index contributed by atoms with van der Waals surface area (Å²) in [5, 5.41) is 8.94. The van der Waals surface area contributed by atoms with Crippen molar-refractivity contribution >= 4 is 0 Å². The Morgan fingerprint density at radius 2 is 2.08 bits per heavy atom. The van der Waals surface area contributed by atoms with Crippen molar-refractivity contribution in [1.29, 1.82) is 0 Å². The molecule has 0 spiro atoms. The van der Waals surface area contributed by atoms with E-state index in [9.17, 15) is 0 Å². The van der Waals surface area contributed by atoms with Crippen LogP contribution >= 0.6 is 0 Å². The zero-order valence-electron chi connectivity index (χ0n) is 15.6. The molecule has 1 heterocycles. The van der Waals surface area contributed by atoms with Gasteiger partial charge in [-0.1, -0.05) is 43.7 Å². The van der Waals surface area contributed by atoms with Gasteiger partial charge in [0.15, 0.2) is 0 Å². The van der Waals surface area contributed by atoms with Crippen molar-refractivity contribution in [3.8, 4) is 11.5 Å². The number of fused-ring (bicyclic) bond motifs is 1. The fraction of sp³-hybridized carbons (Fsp3) is 0.455. The summed E-state index contributed by atoms with van der Waals surface area (Å²) in [7, 11) is 0. The minimum Gasteiger partial charge on any atom is -0.491 e. The number of aliphatic hydroxyl groups excluding tert-OH is 1. The van der Waals surface area contributed by atoms with Gasteiger partial charge in [0.1, 0.15) is 24.2 Å². The summed E-state index contributed by atoms with van der Waals surface area (Å²) >= 11 is 0. The van der Waals surface area contributed by atoms with Gasteiger partial charge in [0, 0.05) is 25.2 Å². The fourth-order valence-electron chi connectivity index (χ4n) is 3.42. The zero-order chi connectivity index (χ0) is 18.2. The molecular weight excluding hydrogens is 326 g/mol. The topological polar surface area (TPSA) is 41.9 Å². The fourth-order valence-corrected chi connectivity index (χ4v) is 3.42. The summed E-state index contributed by atoms with van der Waals surface area (Å²) in [6, 6.07) is 16.5. The Balaban J connectivity index is 1.73. The minimum absolute atomic E-state index is 0.0313. The maximum Gasteiger partial charge on any atom is 0.124 e. The van der Waals surface area contributed by atoms with Gasteiger partial charge < -0.3 is 14.6 Å². The van der Waals surface area contributed by atoms with Crippen LogP contribution in [0, 0.1) is 0 Å². The highest BCUT2D eigenvalue weighted by molar-refractivity contribution is 5.34. The van der Waals surface area contributed by atoms with Crippen molar-refractivity contribution in [2.75, 3.05) is 19.8 Å². The van der Waals surface area contributed by atoms with Gasteiger partial charge in [-0.15, -0.1) is 0 Å². The molecule has 0 unspecified atom stereocenters. The highest BCUT2D eigenvalue weighted by atomic mass is 16.5. The van der Waals surface area contributed by atoms with E-state index >= 15 is 0 Å². The van der Waals surface area contributed by atoms with Crippen LogP contribution in [0.5, 0.6) is 11.5 Å². The van der Waals surface area contributed by atoms with E-state index < -0.39 is 0 Å². The number of nitrogens with zero attached hydrogens (tertiary/aromatic N) is 1. The highest BCUT2D eigenvalue weighted by Crippen LogP contribution is 2.27. The largest absolute Gasteiger partial charge is 0.491 e. The van der Waals surface area contributed by atoms with Crippen LogP contribution in [-0.2, 0) is 13.1 Å². The Bertz CT molecular complexity index is 689. The van der Waals surface area contributed by atoms with E-state index in [1.54, 1.807) is 0 Å². The van der Waals surface area contributed by atoms with Gasteiger partial charge in [0.2, 0.25) is 0 Å². The second-order valence-corrected chi connectivity index (χ2v) is 6.88. The molecule has 0 amide bonds. The molecule has 0 fully saturated rings. The van der Waals surface area contributed by atoms with Gasteiger partial charge in [-0.05, 0) is 36.6 Å². The molecule has 0 saturated carbocycles. The molecule has 26 heavy (non-hydrogen) atoms. The standard InChI is InChI=1S/C22H29NO3/c1-2-3-9-21-17-23(16-19-8-4-5-11-22(19)26-21)15-18-7-6-10-20(14-18)25-13-12-24/h4-8,10-11,14,21,24H,2-3,9,12-13,15-17H2,1H3/t21-/m1/s1. The number of para-hydroxylation sites is 1. The molecule has 1 aliphatic rings. The smallest absolute Gasteiger partial charge is 0.124 e. The lowest BCUT2D eigenvalue weighted by atomic mass is 10.1. The Morgan fingerprint density at radius 3 is 2.92 bits per heavy atom. The predicted octanol–water partition coefficient (Wildman–Crippen LogP) is 4.01. The second-order valence-electron chi connectivity index (χ2n) is 6.88. The van der Waals surface area contributed by atoms with Gasteiger partial charge in [-0.25, -0.2) is 0 Å². The van der Waals surface area contributed by atoms with Crippen LogP contribution in [0.15, 0.2) is 48.5 Å². The Hall–Kier alpha value is -2.04. The Morgan fingerprint density at radius 1 is 1.19 bits per heavy atom. The first-order valence-corrected chi connectivity index (χ1v) is 9.58. The SMILES string of the molecule is CCCC[C@@H]1CN(Cc2cccc(OCCO)c2)Cc2ccccc2O1. The van der Waals surface area contributed by atoms with Crippen LogP contribution < -0.4 is 9.47 Å². The van der Waals surface area contributed by atoms with E-state index in [1.165, 1.54) is 24.0 Å². The summed E-state index contributed by atoms with van der Waals surface area (Å²) in [4.78, 5) is 2.46. The number of hydrogen-bond acceptors (Lipinski definition) is 4. The average Bonchev–Trinajstić information content (AvgIpc) is 2.83. The molecule has 1 aliphatic heterocycles. The van der Waals surface area contributed by atoms with Crippen LogP contribution in [-0.4, -0.2) is 35.9 Å². The average molecular weight is 355 g/mol. The van der Waals surface area contributed by atoms with Crippen LogP contribution in [0.4, 0.5) is 0 Å². The lowest BCUT2D eigenvalue weighted by Gasteiger charge is -2.24. The van der Waals surface area contributed by atoms with E-state index in [0.29, 0.717) is 6.61 Å². The summed E-state index contributed by atoms with van der Waals surface area (Å²) in [5.41, 5.74) is 2.47. The molecule has 0 radical (unpaired) electrons. The lowest BCUT2D eigenvalue weighted by Crippen LogP contribution is -2.32. The number of ether oxygens (including phenoxy) is 2. The third-order valence-electron chi connectivity index (χ3n) is 4.67. The van der Waals surface area contributed by atoms with Gasteiger partial charge >= 0.3 is 0 Å². The normalized spacial score (nSPS) is 17.2. The van der Waals surface area contributed by atoms with E-state index in [1.807, 2.05) is 18.2 Å². The summed E-state index contributed by atoms with van der Waals surface area (Å²) in [5.74, 6) is 1.83. The van der Waals surface area contributed by atoms with E-state index in [4.69, 9.17) is 14.6 Å². The van der Waals surface area contributed by atoms with Crippen LogP contribution in [0.3, 0.4) is 0 Å². The van der Waals surface area contributed by atoms with Crippen molar-refractivity contribution in [2.24, 2.45) is 0 Å². The Kier molecular flexibility index (Phi) is 6.92. The third-order valence-corrected chi connectivity index (χ3v) is 4.67. The second kappa shape index (κ2) is 9.60. The molecule has 0 aromatic heterocycles. The van der Waals surface area contributed by atoms with Crippen LogP contribution in [0.25, 0.3) is 0 Å². The number of aliphatic hydroxyl groups is 1. The maximum absolute atomic E-state index is 8.94. The molecule has 4 heteroatoms. The van der Waals surface area contributed by atoms with Gasteiger partial charge in [-0.2, -0.15) is 0 Å². The van der Waals surface area contributed by atoms with Gasteiger partial charge in [0.25, 0.3) is 0 Å². The molecule has 2 aromatic carbocycles. The molecule has 1 atom stereocenters. The molecule has 1 N–H and O–H groups in total. The number of rotatable bonds is 8. The van der Waals surface area contributed by atoms with Crippen LogP contribution in [0.1, 0.15) is 37.3 Å². The molecule has 0 bridgehead atoms. The predicted molar refractivity (Wildman–Crippen MR) is 104 cm³/mol. The van der Waals surface area contributed by atoms with Gasteiger partial charge in [-0.3, -0.25) is 4.90 Å². The molecule has 3 rings (SSSR count). The van der Waals surface area contributed by atoms with Crippen molar-refractivity contribution in [2.45, 2.75) is 45.4 Å². The number of hydrogen-bond donors (Lipinski definition) is 1. The third kappa shape index (κ3) is 5.23. The number of benzene rings is 2. The molecule has 0 saturated heterocycles. The summed E-state index contributed by atoms with van der Waals surface area (Å²) in [6.07, 6.45) is 3.69. The monoisotopic (exact) mass is 355 g/mol. The van der Waals surface area contributed by atoms with Gasteiger partial charge in [0.05, 0.1) is 6.61 Å². The molecule has 4 nitrogen and oxygen atoms in total. The molecule has 140 valence electrons. The first-order valence-electron chi connectivity index (χ1n) is 9.58. The lowest BCUT2D eigenvalue weighted by molar-refractivity contribution is 0.133. The van der Waals surface area contributed by atoms with Crippen molar-refractivity contribution in [3.63, 3.8) is 0 Å². The van der Waals surface area contributed by atoms with E-state index in [0.717, 1.165) is 37.6 Å². The minimum atomic E-state index is 0.0313. The van der Waals surface area contributed by atoms with Crippen molar-refractivity contribution in [3.05, 3.63) is 59.7 Å². The van der Waals surface area contributed by atoms with E-state index in [2.05, 4.69) is 42.2 Å². The van der Waals surface area contributed by atoms with Crippen LogP contribution in [0.2, 0.25) is 0 Å². The molecular formula is C22H29NO3. The van der Waals surface area contributed by atoms with Crippen molar-refractivity contribution in [1.82, 2.24) is 4.90 Å². The Labute approximate surface area is 156 Å². The number of unbranched alkanes of at least 4 members (excludes halogenated alkanes) is 1. The first kappa shape index (κ1) is 18.7. The first-order chi connectivity index (χ1) is 12.8. The molecule has 0 aliphatic carbocycles.